The maximum atomic E-state index is 11.2. The van der Waals surface area contributed by atoms with Gasteiger partial charge in [0.05, 0.1) is 29.0 Å². The molecule has 1 spiro atoms. The summed E-state index contributed by atoms with van der Waals surface area (Å²) >= 11 is 0. The largest absolute Gasteiger partial charge is 0.478 e. The van der Waals surface area contributed by atoms with Gasteiger partial charge in [0.2, 0.25) is 0 Å². The Labute approximate surface area is 151 Å². The third-order valence-corrected chi connectivity index (χ3v) is 4.95. The topological polar surface area (TPSA) is 83.0 Å². The molecule has 0 unspecified atom stereocenters. The third-order valence-electron chi connectivity index (χ3n) is 4.95. The van der Waals surface area contributed by atoms with Gasteiger partial charge in [-0.05, 0) is 29.8 Å². The molecule has 0 atom stereocenters. The number of aromatic carboxylic acids is 1. The van der Waals surface area contributed by atoms with Gasteiger partial charge in [-0.25, -0.2) is 4.79 Å². The van der Waals surface area contributed by atoms with Gasteiger partial charge >= 0.3 is 5.97 Å². The van der Waals surface area contributed by atoms with E-state index in [4.69, 9.17) is 14.8 Å². The Hall–Kier alpha value is -2.86. The fraction of sp³-hybridized carbons (Fsp3) is 0.300. The first-order chi connectivity index (χ1) is 12.7. The molecule has 2 aliphatic heterocycles. The molecule has 134 valence electrons. The lowest BCUT2D eigenvalue weighted by Gasteiger charge is -2.43. The van der Waals surface area contributed by atoms with E-state index in [1.807, 2.05) is 24.3 Å². The summed E-state index contributed by atoms with van der Waals surface area (Å²) in [6.45, 7) is 1.80. The molecule has 4 rings (SSSR count). The summed E-state index contributed by atoms with van der Waals surface area (Å²) in [6.07, 6.45) is 1.67. The normalized spacial score (nSPS) is 19.5. The Balaban J connectivity index is 1.65. The number of nitrogens with zero attached hydrogens (tertiary/aromatic N) is 1. The monoisotopic (exact) mass is 351 g/mol. The van der Waals surface area contributed by atoms with E-state index in [9.17, 15) is 4.79 Å². The first-order valence-electron chi connectivity index (χ1n) is 8.75. The lowest BCUT2D eigenvalue weighted by molar-refractivity contribution is 0.0696. The number of amidine groups is 1. The summed E-state index contributed by atoms with van der Waals surface area (Å²) in [6, 6.07) is 15.0. The maximum absolute atomic E-state index is 11.2. The van der Waals surface area contributed by atoms with Crippen LogP contribution in [0.3, 0.4) is 0 Å². The van der Waals surface area contributed by atoms with Crippen molar-refractivity contribution >= 4 is 23.2 Å². The van der Waals surface area contributed by atoms with E-state index in [0.29, 0.717) is 19.8 Å². The highest BCUT2D eigenvalue weighted by molar-refractivity contribution is 6.09. The molecule has 0 aliphatic carbocycles. The Kier molecular flexibility index (Phi) is 4.34. The van der Waals surface area contributed by atoms with Crippen molar-refractivity contribution in [2.75, 3.05) is 23.8 Å². The molecule has 0 aromatic heterocycles. The lowest BCUT2D eigenvalue weighted by Crippen LogP contribution is -2.55. The minimum absolute atomic E-state index is 0.267. The van der Waals surface area contributed by atoms with Crippen molar-refractivity contribution in [1.29, 1.82) is 0 Å². The zero-order valence-corrected chi connectivity index (χ0v) is 14.4. The van der Waals surface area contributed by atoms with E-state index in [1.54, 1.807) is 18.2 Å². The van der Waals surface area contributed by atoms with Gasteiger partial charge in [-0.2, -0.15) is 0 Å². The summed E-state index contributed by atoms with van der Waals surface area (Å²) < 4.78 is 5.55. The molecule has 0 radical (unpaired) electrons. The Morgan fingerprint density at radius 2 is 1.88 bits per heavy atom. The quantitative estimate of drug-likeness (QED) is 0.790. The Morgan fingerprint density at radius 3 is 2.65 bits per heavy atom. The van der Waals surface area contributed by atoms with Crippen LogP contribution in [0.25, 0.3) is 0 Å². The molecule has 6 nitrogen and oxygen atoms in total. The van der Waals surface area contributed by atoms with Gasteiger partial charge in [0, 0.05) is 26.1 Å². The molecule has 2 aliphatic rings. The van der Waals surface area contributed by atoms with Crippen LogP contribution in [0.15, 0.2) is 53.5 Å². The SMILES string of the molecule is O=C(O)c1cccc(CN=C2Nc3ccccc3NC23CCOCC3)c1. The van der Waals surface area contributed by atoms with Crippen LogP contribution in [-0.2, 0) is 11.3 Å². The number of carboxylic acid groups (broad SMARTS) is 1. The van der Waals surface area contributed by atoms with Gasteiger partial charge in [-0.15, -0.1) is 0 Å². The lowest BCUT2D eigenvalue weighted by atomic mass is 9.86. The maximum Gasteiger partial charge on any atom is 0.335 e. The van der Waals surface area contributed by atoms with Crippen LogP contribution < -0.4 is 10.6 Å². The molecule has 1 fully saturated rings. The van der Waals surface area contributed by atoms with Crippen LogP contribution in [0.5, 0.6) is 0 Å². The van der Waals surface area contributed by atoms with Gasteiger partial charge in [-0.1, -0.05) is 24.3 Å². The van der Waals surface area contributed by atoms with Crippen LogP contribution in [0.2, 0.25) is 0 Å². The molecule has 1 saturated heterocycles. The fourth-order valence-electron chi connectivity index (χ4n) is 3.51. The average molecular weight is 351 g/mol. The van der Waals surface area contributed by atoms with Crippen molar-refractivity contribution in [2.45, 2.75) is 24.9 Å². The molecule has 2 aromatic carbocycles. The summed E-state index contributed by atoms with van der Waals surface area (Å²) in [5.74, 6) is -0.0352. The number of carbonyl (C=O) groups is 1. The number of nitrogens with one attached hydrogen (secondary N) is 2. The Morgan fingerprint density at radius 1 is 1.12 bits per heavy atom. The molecular weight excluding hydrogens is 330 g/mol. The van der Waals surface area contributed by atoms with Crippen molar-refractivity contribution in [1.82, 2.24) is 0 Å². The molecule has 2 aromatic rings. The van der Waals surface area contributed by atoms with Crippen LogP contribution in [-0.4, -0.2) is 35.7 Å². The van der Waals surface area contributed by atoms with Crippen LogP contribution in [0, 0.1) is 0 Å². The highest BCUT2D eigenvalue weighted by Gasteiger charge is 2.41. The fourth-order valence-corrected chi connectivity index (χ4v) is 3.51. The van der Waals surface area contributed by atoms with Crippen molar-refractivity contribution in [3.63, 3.8) is 0 Å². The van der Waals surface area contributed by atoms with E-state index in [0.717, 1.165) is 35.6 Å². The number of benzene rings is 2. The second kappa shape index (κ2) is 6.80. The summed E-state index contributed by atoms with van der Waals surface area (Å²) in [5.41, 5.74) is 2.96. The van der Waals surface area contributed by atoms with Crippen molar-refractivity contribution in [2.24, 2.45) is 4.99 Å². The molecular formula is C20H21N3O3. The third kappa shape index (κ3) is 3.15. The van der Waals surface area contributed by atoms with Gasteiger partial charge in [0.1, 0.15) is 5.84 Å². The molecule has 3 N–H and O–H groups in total. The smallest absolute Gasteiger partial charge is 0.335 e. The predicted molar refractivity (Wildman–Crippen MR) is 101 cm³/mol. The van der Waals surface area contributed by atoms with Gasteiger partial charge in [0.15, 0.2) is 0 Å². The number of aliphatic imine (C=N–C) groups is 1. The number of fused-ring (bicyclic) bond motifs is 1. The molecule has 6 heteroatoms. The number of hydrogen-bond donors (Lipinski definition) is 3. The summed E-state index contributed by atoms with van der Waals surface area (Å²) in [7, 11) is 0. The van der Waals surface area contributed by atoms with Gasteiger partial charge in [-0.3, -0.25) is 4.99 Å². The van der Waals surface area contributed by atoms with Crippen molar-refractivity contribution in [3.05, 3.63) is 59.7 Å². The molecule has 26 heavy (non-hydrogen) atoms. The van der Waals surface area contributed by atoms with Crippen LogP contribution in [0.4, 0.5) is 11.4 Å². The van der Waals surface area contributed by atoms with Gasteiger partial charge in [0.25, 0.3) is 0 Å². The van der Waals surface area contributed by atoms with E-state index in [1.165, 1.54) is 0 Å². The minimum atomic E-state index is -0.924. The second-order valence-electron chi connectivity index (χ2n) is 6.66. The second-order valence-corrected chi connectivity index (χ2v) is 6.66. The van der Waals surface area contributed by atoms with E-state index >= 15 is 0 Å². The highest BCUT2D eigenvalue weighted by atomic mass is 16.5. The average Bonchev–Trinajstić information content (AvgIpc) is 2.67. The summed E-state index contributed by atoms with van der Waals surface area (Å²) in [4.78, 5) is 16.0. The number of carboxylic acids is 1. The first kappa shape index (κ1) is 16.6. The van der Waals surface area contributed by atoms with Crippen molar-refractivity contribution < 1.29 is 14.6 Å². The predicted octanol–water partition coefficient (Wildman–Crippen LogP) is 3.37. The molecule has 2 heterocycles. The summed E-state index contributed by atoms with van der Waals surface area (Å²) in [5, 5.41) is 16.3. The number of hydrogen-bond acceptors (Lipinski definition) is 4. The number of rotatable bonds is 3. The number of ether oxygens (including phenoxy) is 1. The number of anilines is 2. The van der Waals surface area contributed by atoms with E-state index < -0.39 is 5.97 Å². The molecule has 0 amide bonds. The van der Waals surface area contributed by atoms with Gasteiger partial charge < -0.3 is 20.5 Å². The van der Waals surface area contributed by atoms with E-state index in [-0.39, 0.29) is 11.1 Å². The molecule has 0 saturated carbocycles. The highest BCUT2D eigenvalue weighted by Crippen LogP contribution is 2.36. The first-order valence-corrected chi connectivity index (χ1v) is 8.75. The minimum Gasteiger partial charge on any atom is -0.478 e. The van der Waals surface area contributed by atoms with Crippen LogP contribution >= 0.6 is 0 Å². The zero-order valence-electron chi connectivity index (χ0n) is 14.4. The van der Waals surface area contributed by atoms with Crippen LogP contribution in [0.1, 0.15) is 28.8 Å². The molecule has 0 bridgehead atoms. The van der Waals surface area contributed by atoms with Crippen molar-refractivity contribution in [3.8, 4) is 0 Å². The zero-order chi connectivity index (χ0) is 18.0. The Bertz CT molecular complexity index is 857. The standard InChI is InChI=1S/C20H21N3O3/c24-18(25)15-5-3-4-14(12-15)13-21-19-20(8-10-26-11-9-20)23-17-7-2-1-6-16(17)22-19/h1-7,12,23H,8-11,13H2,(H,21,22)(H,24,25). The number of para-hydroxylation sites is 2. The van der Waals surface area contributed by atoms with E-state index in [2.05, 4.69) is 16.7 Å².